The highest BCUT2D eigenvalue weighted by Gasteiger charge is 2.11. The molecule has 0 saturated carbocycles. The van der Waals surface area contributed by atoms with Crippen LogP contribution in [0.3, 0.4) is 0 Å². The molecule has 0 bridgehead atoms. The molecule has 3 aromatic rings. The molecule has 2 heterocycles. The van der Waals surface area contributed by atoms with Gasteiger partial charge in [-0.05, 0) is 36.9 Å². The van der Waals surface area contributed by atoms with Gasteiger partial charge in [0.2, 0.25) is 0 Å². The maximum absolute atomic E-state index is 6.22. The van der Waals surface area contributed by atoms with Crippen molar-refractivity contribution in [2.45, 2.75) is 20.4 Å². The van der Waals surface area contributed by atoms with Crippen LogP contribution in [0.25, 0.3) is 10.2 Å². The molecule has 21 heavy (non-hydrogen) atoms. The van der Waals surface area contributed by atoms with E-state index in [-0.39, 0.29) is 0 Å². The first-order chi connectivity index (χ1) is 10.0. The lowest BCUT2D eigenvalue weighted by molar-refractivity contribution is 0.845. The zero-order chi connectivity index (χ0) is 15.0. The summed E-state index contributed by atoms with van der Waals surface area (Å²) < 4.78 is 0. The molecule has 5 heteroatoms. The Bertz CT molecular complexity index is 797. The van der Waals surface area contributed by atoms with E-state index < -0.39 is 0 Å². The Labute approximate surface area is 133 Å². The summed E-state index contributed by atoms with van der Waals surface area (Å²) in [6, 6.07) is 8.40. The van der Waals surface area contributed by atoms with Crippen LogP contribution in [0.1, 0.15) is 17.0 Å². The zero-order valence-corrected chi connectivity index (χ0v) is 13.8. The summed E-state index contributed by atoms with van der Waals surface area (Å²) in [5, 5.41) is 3.45. The Morgan fingerprint density at radius 2 is 2.00 bits per heavy atom. The Morgan fingerprint density at radius 1 is 1.19 bits per heavy atom. The molecule has 0 aliphatic rings. The number of anilines is 1. The van der Waals surface area contributed by atoms with E-state index in [1.54, 1.807) is 11.3 Å². The smallest absolute Gasteiger partial charge is 0.151 e. The number of nitrogens with zero attached hydrogens (tertiary/aromatic N) is 3. The van der Waals surface area contributed by atoms with E-state index in [0.717, 1.165) is 16.0 Å². The molecule has 0 radical (unpaired) electrons. The molecule has 0 unspecified atom stereocenters. The van der Waals surface area contributed by atoms with Crippen molar-refractivity contribution in [3.63, 3.8) is 0 Å². The van der Waals surface area contributed by atoms with E-state index in [1.165, 1.54) is 16.8 Å². The summed E-state index contributed by atoms with van der Waals surface area (Å²) in [4.78, 5) is 12.1. The third-order valence-electron chi connectivity index (χ3n) is 3.47. The number of aryl methyl sites for hydroxylation is 2. The average Bonchev–Trinajstić information content (AvgIpc) is 2.87. The van der Waals surface area contributed by atoms with Gasteiger partial charge in [0.15, 0.2) is 5.82 Å². The molecule has 1 aromatic carbocycles. The maximum Gasteiger partial charge on any atom is 0.151 e. The summed E-state index contributed by atoms with van der Waals surface area (Å²) in [6.07, 6.45) is 0. The van der Waals surface area contributed by atoms with Crippen LogP contribution in [0.2, 0.25) is 5.15 Å². The van der Waals surface area contributed by atoms with Gasteiger partial charge in [0, 0.05) is 18.1 Å². The second-order valence-corrected chi connectivity index (χ2v) is 6.47. The fourth-order valence-corrected chi connectivity index (χ4v) is 3.55. The fourth-order valence-electron chi connectivity index (χ4n) is 2.46. The minimum atomic E-state index is 0.533. The third kappa shape index (κ3) is 2.87. The molecule has 0 amide bonds. The molecule has 108 valence electrons. The van der Waals surface area contributed by atoms with Crippen molar-refractivity contribution in [1.82, 2.24) is 9.97 Å². The molecule has 2 aromatic heterocycles. The van der Waals surface area contributed by atoms with E-state index in [0.29, 0.717) is 11.7 Å². The monoisotopic (exact) mass is 317 g/mol. The highest BCUT2D eigenvalue weighted by Crippen LogP contribution is 2.26. The zero-order valence-electron chi connectivity index (χ0n) is 12.2. The molecule has 0 spiro atoms. The van der Waals surface area contributed by atoms with Gasteiger partial charge in [0.05, 0.1) is 6.54 Å². The predicted molar refractivity (Wildman–Crippen MR) is 90.4 cm³/mol. The molecule has 0 saturated heterocycles. The Kier molecular flexibility index (Phi) is 3.83. The van der Waals surface area contributed by atoms with Crippen LogP contribution in [0.4, 0.5) is 5.69 Å². The van der Waals surface area contributed by atoms with Gasteiger partial charge in [-0.1, -0.05) is 29.3 Å². The summed E-state index contributed by atoms with van der Waals surface area (Å²) >= 11 is 7.81. The number of benzene rings is 1. The Balaban J connectivity index is 1.90. The SMILES string of the molecule is Cc1ccc(N(C)Cc2nc(Cl)c3ccsc3n2)c(C)c1. The molecule has 0 aliphatic heterocycles. The lowest BCUT2D eigenvalue weighted by Gasteiger charge is -2.21. The Morgan fingerprint density at radius 3 is 2.76 bits per heavy atom. The van der Waals surface area contributed by atoms with Crippen LogP contribution in [-0.4, -0.2) is 17.0 Å². The number of hydrogen-bond donors (Lipinski definition) is 0. The van der Waals surface area contributed by atoms with Gasteiger partial charge in [-0.25, -0.2) is 9.97 Å². The van der Waals surface area contributed by atoms with Crippen LogP contribution in [0.15, 0.2) is 29.6 Å². The van der Waals surface area contributed by atoms with Crippen LogP contribution in [0.5, 0.6) is 0 Å². The molecule has 0 N–H and O–H groups in total. The van der Waals surface area contributed by atoms with E-state index >= 15 is 0 Å². The summed E-state index contributed by atoms with van der Waals surface area (Å²) in [5.74, 6) is 0.748. The lowest BCUT2D eigenvalue weighted by atomic mass is 10.1. The molecule has 0 fully saturated rings. The van der Waals surface area contributed by atoms with Gasteiger partial charge >= 0.3 is 0 Å². The second kappa shape index (κ2) is 5.62. The van der Waals surface area contributed by atoms with Crippen molar-refractivity contribution in [3.05, 3.63) is 51.7 Å². The summed E-state index contributed by atoms with van der Waals surface area (Å²) in [5.41, 5.74) is 3.70. The standard InChI is InChI=1S/C16H16ClN3S/c1-10-4-5-13(11(2)8-10)20(3)9-14-18-15(17)12-6-7-21-16(12)19-14/h4-8H,9H2,1-3H3. The maximum atomic E-state index is 6.22. The summed E-state index contributed by atoms with van der Waals surface area (Å²) in [7, 11) is 2.05. The van der Waals surface area contributed by atoms with Crippen molar-refractivity contribution in [3.8, 4) is 0 Å². The molecule has 3 rings (SSSR count). The third-order valence-corrected chi connectivity index (χ3v) is 4.56. The highest BCUT2D eigenvalue weighted by molar-refractivity contribution is 7.16. The van der Waals surface area contributed by atoms with E-state index in [1.807, 2.05) is 18.5 Å². The van der Waals surface area contributed by atoms with Gasteiger partial charge in [-0.3, -0.25) is 0 Å². The Hall–Kier alpha value is -1.65. The first kappa shape index (κ1) is 14.3. The van der Waals surface area contributed by atoms with E-state index in [9.17, 15) is 0 Å². The van der Waals surface area contributed by atoms with Crippen molar-refractivity contribution >= 4 is 38.8 Å². The number of thiophene rings is 1. The quantitative estimate of drug-likeness (QED) is 0.661. The molecular formula is C16H16ClN3S. The van der Waals surface area contributed by atoms with Crippen LogP contribution in [0, 0.1) is 13.8 Å². The fraction of sp³-hybridized carbons (Fsp3) is 0.250. The van der Waals surface area contributed by atoms with Gasteiger partial charge in [-0.2, -0.15) is 0 Å². The first-order valence-electron chi connectivity index (χ1n) is 6.72. The van der Waals surface area contributed by atoms with Gasteiger partial charge in [-0.15, -0.1) is 11.3 Å². The van der Waals surface area contributed by atoms with Crippen LogP contribution in [-0.2, 0) is 6.54 Å². The summed E-state index contributed by atoms with van der Waals surface area (Å²) in [6.45, 7) is 4.86. The molecule has 0 aliphatic carbocycles. The van der Waals surface area contributed by atoms with Crippen molar-refractivity contribution in [2.24, 2.45) is 0 Å². The van der Waals surface area contributed by atoms with Gasteiger partial charge in [0.25, 0.3) is 0 Å². The topological polar surface area (TPSA) is 29.0 Å². The lowest BCUT2D eigenvalue weighted by Crippen LogP contribution is -2.19. The largest absolute Gasteiger partial charge is 0.367 e. The first-order valence-corrected chi connectivity index (χ1v) is 7.98. The van der Waals surface area contributed by atoms with Crippen molar-refractivity contribution in [1.29, 1.82) is 0 Å². The van der Waals surface area contributed by atoms with E-state index in [4.69, 9.17) is 11.6 Å². The van der Waals surface area contributed by atoms with Crippen molar-refractivity contribution < 1.29 is 0 Å². The second-order valence-electron chi connectivity index (χ2n) is 5.22. The number of hydrogen-bond acceptors (Lipinski definition) is 4. The number of rotatable bonds is 3. The average molecular weight is 318 g/mol. The molecular weight excluding hydrogens is 302 g/mol. The number of fused-ring (bicyclic) bond motifs is 1. The number of halogens is 1. The van der Waals surface area contributed by atoms with Crippen molar-refractivity contribution in [2.75, 3.05) is 11.9 Å². The molecule has 3 nitrogen and oxygen atoms in total. The number of aromatic nitrogens is 2. The molecule has 0 atom stereocenters. The minimum Gasteiger partial charge on any atom is -0.367 e. The minimum absolute atomic E-state index is 0.533. The van der Waals surface area contributed by atoms with Crippen LogP contribution >= 0.6 is 22.9 Å². The van der Waals surface area contributed by atoms with Crippen LogP contribution < -0.4 is 4.90 Å². The normalized spacial score (nSPS) is 11.0. The highest BCUT2D eigenvalue weighted by atomic mass is 35.5. The van der Waals surface area contributed by atoms with Gasteiger partial charge in [0.1, 0.15) is 9.98 Å². The predicted octanol–water partition coefficient (Wildman–Crippen LogP) is 4.60. The van der Waals surface area contributed by atoms with Gasteiger partial charge < -0.3 is 4.90 Å². The van der Waals surface area contributed by atoms with E-state index in [2.05, 4.69) is 46.9 Å².